The van der Waals surface area contributed by atoms with Crippen LogP contribution in [0.4, 0.5) is 17.1 Å². The van der Waals surface area contributed by atoms with Crippen LogP contribution < -0.4 is 10.6 Å². The van der Waals surface area contributed by atoms with Crippen LogP contribution >= 0.6 is 34.8 Å². The van der Waals surface area contributed by atoms with Gasteiger partial charge in [-0.2, -0.15) is 0 Å². The maximum Gasteiger partial charge on any atom is 0.255 e. The van der Waals surface area contributed by atoms with Crippen molar-refractivity contribution in [3.8, 4) is 0 Å². The van der Waals surface area contributed by atoms with E-state index < -0.39 is 0 Å². The molecule has 2 aromatic carbocycles. The zero-order valence-electron chi connectivity index (χ0n) is 15.3. The van der Waals surface area contributed by atoms with Gasteiger partial charge in [-0.25, -0.2) is 9.98 Å². The molecule has 0 radical (unpaired) electrons. The zero-order chi connectivity index (χ0) is 20.5. The van der Waals surface area contributed by atoms with Gasteiger partial charge in [0.25, 0.3) is 5.91 Å². The lowest BCUT2D eigenvalue weighted by atomic mass is 10.1. The summed E-state index contributed by atoms with van der Waals surface area (Å²) in [7, 11) is 0. The number of rotatable bonds is 3. The lowest BCUT2D eigenvalue weighted by Crippen LogP contribution is -2.12. The van der Waals surface area contributed by atoms with Crippen LogP contribution in [0.2, 0.25) is 15.2 Å². The summed E-state index contributed by atoms with van der Waals surface area (Å²) in [6, 6.07) is 14.1. The van der Waals surface area contributed by atoms with Crippen molar-refractivity contribution >= 4 is 63.6 Å². The van der Waals surface area contributed by atoms with E-state index in [-0.39, 0.29) is 5.91 Å². The number of aryl methyl sites for hydroxylation is 1. The molecule has 0 atom stereocenters. The second-order valence-corrected chi connectivity index (χ2v) is 7.78. The van der Waals surface area contributed by atoms with Crippen LogP contribution in [0, 0.1) is 6.92 Å². The summed E-state index contributed by atoms with van der Waals surface area (Å²) in [5.41, 5.74) is 4.24. The van der Waals surface area contributed by atoms with Crippen LogP contribution in [-0.4, -0.2) is 16.7 Å². The Morgan fingerprint density at radius 3 is 2.59 bits per heavy atom. The number of benzene rings is 2. The van der Waals surface area contributed by atoms with Crippen molar-refractivity contribution in [2.75, 3.05) is 10.6 Å². The van der Waals surface area contributed by atoms with E-state index in [0.717, 1.165) is 16.9 Å². The average Bonchev–Trinajstić information content (AvgIpc) is 3.05. The Labute approximate surface area is 182 Å². The second-order valence-electron chi connectivity index (χ2n) is 6.58. The quantitative estimate of drug-likeness (QED) is 0.465. The first kappa shape index (κ1) is 19.7. The summed E-state index contributed by atoms with van der Waals surface area (Å²) >= 11 is 18.4. The molecule has 1 aliphatic rings. The number of anilines is 2. The maximum absolute atomic E-state index is 12.6. The number of carbonyl (C=O) groups excluding carboxylic acids is 1. The van der Waals surface area contributed by atoms with E-state index in [9.17, 15) is 4.79 Å². The molecular formula is C21H15Cl3N4O. The Morgan fingerprint density at radius 1 is 1.10 bits per heavy atom. The summed E-state index contributed by atoms with van der Waals surface area (Å²) in [6.45, 7) is 1.81. The predicted octanol–water partition coefficient (Wildman–Crippen LogP) is 6.30. The molecule has 5 nitrogen and oxygen atoms in total. The first-order valence-corrected chi connectivity index (χ1v) is 9.89. The smallest absolute Gasteiger partial charge is 0.255 e. The van der Waals surface area contributed by atoms with Gasteiger partial charge in [0.15, 0.2) is 0 Å². The molecule has 0 unspecified atom stereocenters. The van der Waals surface area contributed by atoms with E-state index in [1.165, 1.54) is 0 Å². The number of hydrogen-bond donors (Lipinski definition) is 2. The number of aromatic nitrogens is 1. The molecule has 0 saturated heterocycles. The number of halogens is 3. The molecule has 1 aromatic heterocycles. The molecule has 29 heavy (non-hydrogen) atoms. The number of nitrogens with zero attached hydrogens (tertiary/aromatic N) is 2. The van der Waals surface area contributed by atoms with Gasteiger partial charge >= 0.3 is 0 Å². The highest BCUT2D eigenvalue weighted by molar-refractivity contribution is 6.39. The van der Waals surface area contributed by atoms with Crippen LogP contribution in [0.25, 0.3) is 0 Å². The minimum absolute atomic E-state index is 0.228. The molecule has 2 heterocycles. The fraction of sp³-hybridized carbons (Fsp3) is 0.0952. The van der Waals surface area contributed by atoms with Crippen molar-refractivity contribution in [2.24, 2.45) is 4.99 Å². The van der Waals surface area contributed by atoms with Crippen LogP contribution in [0.15, 0.2) is 53.5 Å². The van der Waals surface area contributed by atoms with Crippen LogP contribution in [0.1, 0.15) is 21.6 Å². The molecule has 8 heteroatoms. The topological polar surface area (TPSA) is 66.4 Å². The fourth-order valence-electron chi connectivity index (χ4n) is 3.08. The van der Waals surface area contributed by atoms with Crippen LogP contribution in [-0.2, 0) is 6.42 Å². The maximum atomic E-state index is 12.6. The van der Waals surface area contributed by atoms with Crippen LogP contribution in [0.5, 0.6) is 0 Å². The molecule has 146 valence electrons. The highest BCUT2D eigenvalue weighted by Gasteiger charge is 2.19. The van der Waals surface area contributed by atoms with E-state index in [1.54, 1.807) is 36.4 Å². The standard InChI is InChI=1S/C21H15Cl3N4O/c1-11-7-14(10-18(24)25-11)26-21(29)12-5-6-17-13(8-12)9-19(27-17)28-20-15(22)3-2-4-16(20)23/h2-8,10H,9H2,1H3,(H,27,28)(H,25,26,29). The van der Waals surface area contributed by atoms with Crippen molar-refractivity contribution in [1.29, 1.82) is 0 Å². The second kappa shape index (κ2) is 8.03. The van der Waals surface area contributed by atoms with Gasteiger partial charge in [0.05, 0.1) is 10.0 Å². The minimum Gasteiger partial charge on any atom is -0.343 e. The molecule has 1 aliphatic heterocycles. The third kappa shape index (κ3) is 4.37. The largest absolute Gasteiger partial charge is 0.343 e. The Hall–Kier alpha value is -2.60. The molecule has 0 aliphatic carbocycles. The van der Waals surface area contributed by atoms with Crippen molar-refractivity contribution in [1.82, 2.24) is 4.98 Å². The average molecular weight is 446 g/mol. The van der Waals surface area contributed by atoms with Gasteiger partial charge in [0.2, 0.25) is 0 Å². The molecule has 1 amide bonds. The lowest BCUT2D eigenvalue weighted by molar-refractivity contribution is 0.102. The number of pyridine rings is 1. The van der Waals surface area contributed by atoms with Gasteiger partial charge < -0.3 is 10.6 Å². The van der Waals surface area contributed by atoms with Gasteiger partial charge in [-0.3, -0.25) is 4.79 Å². The van der Waals surface area contributed by atoms with E-state index in [1.807, 2.05) is 19.1 Å². The van der Waals surface area contributed by atoms with Crippen molar-refractivity contribution in [2.45, 2.75) is 13.3 Å². The lowest BCUT2D eigenvalue weighted by Gasteiger charge is -2.08. The highest BCUT2D eigenvalue weighted by atomic mass is 35.5. The monoisotopic (exact) mass is 444 g/mol. The number of amides is 1. The summed E-state index contributed by atoms with van der Waals surface area (Å²) in [5.74, 6) is 0.484. The number of nitrogens with one attached hydrogen (secondary N) is 2. The van der Waals surface area contributed by atoms with Gasteiger partial charge in [-0.15, -0.1) is 0 Å². The Kier molecular flexibility index (Phi) is 5.46. The SMILES string of the molecule is Cc1cc(NC(=O)c2ccc3c(c2)CC(=Nc2c(Cl)cccc2Cl)N3)cc(Cl)n1. The zero-order valence-corrected chi connectivity index (χ0v) is 17.5. The predicted molar refractivity (Wildman–Crippen MR) is 119 cm³/mol. The molecule has 2 N–H and O–H groups in total. The molecular weight excluding hydrogens is 431 g/mol. The third-order valence-electron chi connectivity index (χ3n) is 4.37. The van der Waals surface area contributed by atoms with E-state index >= 15 is 0 Å². The fourth-order valence-corrected chi connectivity index (χ4v) is 3.82. The van der Waals surface area contributed by atoms with Crippen molar-refractivity contribution < 1.29 is 4.79 Å². The van der Waals surface area contributed by atoms with Crippen molar-refractivity contribution in [3.05, 3.63) is 80.6 Å². The third-order valence-corrected chi connectivity index (χ3v) is 5.17. The van der Waals surface area contributed by atoms with E-state index in [2.05, 4.69) is 20.6 Å². The number of fused-ring (bicyclic) bond motifs is 1. The van der Waals surface area contributed by atoms with Crippen LogP contribution in [0.3, 0.4) is 0 Å². The molecule has 0 bridgehead atoms. The summed E-state index contributed by atoms with van der Waals surface area (Å²) in [6.07, 6.45) is 0.540. The van der Waals surface area contributed by atoms with E-state index in [0.29, 0.717) is 44.4 Å². The summed E-state index contributed by atoms with van der Waals surface area (Å²) in [5, 5.41) is 7.38. The highest BCUT2D eigenvalue weighted by Crippen LogP contribution is 2.34. The van der Waals surface area contributed by atoms with Gasteiger partial charge in [-0.1, -0.05) is 40.9 Å². The molecule has 0 spiro atoms. The van der Waals surface area contributed by atoms with Gasteiger partial charge in [0, 0.05) is 29.1 Å². The summed E-state index contributed by atoms with van der Waals surface area (Å²) in [4.78, 5) is 21.3. The van der Waals surface area contributed by atoms with Crippen molar-refractivity contribution in [3.63, 3.8) is 0 Å². The van der Waals surface area contributed by atoms with E-state index in [4.69, 9.17) is 34.8 Å². The Balaban J connectivity index is 1.55. The molecule has 0 saturated carbocycles. The number of hydrogen-bond acceptors (Lipinski definition) is 3. The van der Waals surface area contributed by atoms with Gasteiger partial charge in [-0.05, 0) is 55.0 Å². The normalized spacial score (nSPS) is 13.9. The van der Waals surface area contributed by atoms with Gasteiger partial charge in [0.1, 0.15) is 16.7 Å². The number of amidine groups is 1. The number of carbonyl (C=O) groups is 1. The molecule has 4 rings (SSSR count). The number of para-hydroxylation sites is 1. The molecule has 3 aromatic rings. The Morgan fingerprint density at radius 2 is 1.86 bits per heavy atom. The Bertz CT molecular complexity index is 1120. The number of aliphatic imine (C=N–C) groups is 1. The first-order valence-electron chi connectivity index (χ1n) is 8.76. The minimum atomic E-state index is -0.228. The first-order chi connectivity index (χ1) is 13.9. The summed E-state index contributed by atoms with van der Waals surface area (Å²) < 4.78 is 0. The molecule has 0 fully saturated rings.